The molecule has 0 fully saturated rings. The van der Waals surface area contributed by atoms with Crippen LogP contribution in [0.4, 0.5) is 10.1 Å². The molecule has 0 atom stereocenters. The molecular formula is C16H14FN3O3S. The van der Waals surface area contributed by atoms with Crippen molar-refractivity contribution in [2.24, 2.45) is 0 Å². The van der Waals surface area contributed by atoms with Gasteiger partial charge >= 0.3 is 0 Å². The van der Waals surface area contributed by atoms with E-state index in [0.29, 0.717) is 28.6 Å². The Balaban J connectivity index is 1.85. The van der Waals surface area contributed by atoms with E-state index < -0.39 is 15.8 Å². The topological polar surface area (TPSA) is 85.1 Å². The molecule has 124 valence electrons. The van der Waals surface area contributed by atoms with Crippen molar-refractivity contribution in [1.82, 2.24) is 10.2 Å². The molecule has 1 N–H and O–H groups in total. The standard InChI is InChI=1S/C16H14FN3O3S/c1-10-9-13(17)5-8-15(10)24(21,22)20-14-6-3-12(4-7-14)16-19-18-11(2)23-16/h3-9,20H,1-2H3. The number of benzene rings is 2. The van der Waals surface area contributed by atoms with Crippen molar-refractivity contribution in [2.75, 3.05) is 4.72 Å². The SMILES string of the molecule is Cc1nnc(-c2ccc(NS(=O)(=O)c3ccc(F)cc3C)cc2)o1. The summed E-state index contributed by atoms with van der Waals surface area (Å²) in [7, 11) is -3.80. The van der Waals surface area contributed by atoms with E-state index in [-0.39, 0.29) is 4.90 Å². The van der Waals surface area contributed by atoms with Crippen molar-refractivity contribution >= 4 is 15.7 Å². The molecule has 1 heterocycles. The number of aryl methyl sites for hydroxylation is 2. The highest BCUT2D eigenvalue weighted by atomic mass is 32.2. The summed E-state index contributed by atoms with van der Waals surface area (Å²) in [6, 6.07) is 10.0. The molecule has 0 amide bonds. The number of nitrogens with zero attached hydrogens (tertiary/aromatic N) is 2. The molecule has 0 aliphatic carbocycles. The van der Waals surface area contributed by atoms with Crippen molar-refractivity contribution in [3.63, 3.8) is 0 Å². The second kappa shape index (κ2) is 6.04. The van der Waals surface area contributed by atoms with Crippen LogP contribution in [-0.2, 0) is 10.0 Å². The van der Waals surface area contributed by atoms with E-state index in [2.05, 4.69) is 14.9 Å². The predicted molar refractivity (Wildman–Crippen MR) is 86.4 cm³/mol. The summed E-state index contributed by atoms with van der Waals surface area (Å²) < 4.78 is 45.7. The highest BCUT2D eigenvalue weighted by Gasteiger charge is 2.17. The van der Waals surface area contributed by atoms with Crippen molar-refractivity contribution in [3.05, 3.63) is 59.7 Å². The number of nitrogens with one attached hydrogen (secondary N) is 1. The Morgan fingerprint density at radius 2 is 1.75 bits per heavy atom. The lowest BCUT2D eigenvalue weighted by Crippen LogP contribution is -2.14. The zero-order chi connectivity index (χ0) is 17.3. The summed E-state index contributed by atoms with van der Waals surface area (Å²) in [4.78, 5) is 0.0282. The molecule has 0 saturated heterocycles. The van der Waals surface area contributed by atoms with Crippen LogP contribution < -0.4 is 4.72 Å². The fraction of sp³-hybridized carbons (Fsp3) is 0.125. The van der Waals surface area contributed by atoms with E-state index in [4.69, 9.17) is 4.42 Å². The number of hydrogen-bond donors (Lipinski definition) is 1. The van der Waals surface area contributed by atoms with Gasteiger partial charge in [0.1, 0.15) is 5.82 Å². The van der Waals surface area contributed by atoms with Gasteiger partial charge in [-0.15, -0.1) is 10.2 Å². The van der Waals surface area contributed by atoms with Gasteiger partial charge in [-0.2, -0.15) is 0 Å². The Bertz CT molecular complexity index is 982. The van der Waals surface area contributed by atoms with E-state index in [1.165, 1.54) is 12.1 Å². The first-order valence-electron chi connectivity index (χ1n) is 7.05. The lowest BCUT2D eigenvalue weighted by atomic mass is 10.2. The molecule has 1 aromatic heterocycles. The Morgan fingerprint density at radius 1 is 1.04 bits per heavy atom. The molecule has 0 bridgehead atoms. The van der Waals surface area contributed by atoms with Crippen LogP contribution in [0.3, 0.4) is 0 Å². The number of sulfonamides is 1. The summed E-state index contributed by atoms with van der Waals surface area (Å²) in [5.41, 5.74) is 1.38. The third-order valence-electron chi connectivity index (χ3n) is 3.34. The molecule has 0 spiro atoms. The first-order valence-corrected chi connectivity index (χ1v) is 8.53. The molecule has 8 heteroatoms. The van der Waals surface area contributed by atoms with Crippen molar-refractivity contribution in [2.45, 2.75) is 18.7 Å². The van der Waals surface area contributed by atoms with Crippen LogP contribution in [0.5, 0.6) is 0 Å². The van der Waals surface area contributed by atoms with Crippen LogP contribution in [0.25, 0.3) is 11.5 Å². The van der Waals surface area contributed by atoms with Crippen LogP contribution >= 0.6 is 0 Å². The minimum atomic E-state index is -3.80. The number of hydrogen-bond acceptors (Lipinski definition) is 5. The van der Waals surface area contributed by atoms with Crippen LogP contribution in [0, 0.1) is 19.7 Å². The minimum Gasteiger partial charge on any atom is -0.421 e. The van der Waals surface area contributed by atoms with E-state index >= 15 is 0 Å². The maximum atomic E-state index is 13.1. The maximum absolute atomic E-state index is 13.1. The van der Waals surface area contributed by atoms with Gasteiger partial charge in [0.15, 0.2) is 0 Å². The lowest BCUT2D eigenvalue weighted by Gasteiger charge is -2.10. The number of rotatable bonds is 4. The fourth-order valence-corrected chi connectivity index (χ4v) is 3.50. The monoisotopic (exact) mass is 347 g/mol. The molecule has 2 aromatic carbocycles. The summed E-state index contributed by atoms with van der Waals surface area (Å²) in [6.07, 6.45) is 0. The number of aromatic nitrogens is 2. The lowest BCUT2D eigenvalue weighted by molar-refractivity contribution is 0.533. The van der Waals surface area contributed by atoms with Gasteiger partial charge in [0.25, 0.3) is 10.0 Å². The maximum Gasteiger partial charge on any atom is 0.262 e. The van der Waals surface area contributed by atoms with Gasteiger partial charge in [-0.25, -0.2) is 12.8 Å². The fourth-order valence-electron chi connectivity index (χ4n) is 2.22. The second-order valence-electron chi connectivity index (χ2n) is 5.22. The van der Waals surface area contributed by atoms with Crippen LogP contribution in [-0.4, -0.2) is 18.6 Å². The van der Waals surface area contributed by atoms with Crippen LogP contribution in [0.2, 0.25) is 0 Å². The highest BCUT2D eigenvalue weighted by molar-refractivity contribution is 7.92. The van der Waals surface area contributed by atoms with Gasteiger partial charge in [-0.3, -0.25) is 4.72 Å². The predicted octanol–water partition coefficient (Wildman–Crippen LogP) is 3.29. The molecule has 0 unspecified atom stereocenters. The van der Waals surface area contributed by atoms with Gasteiger partial charge in [-0.05, 0) is 55.0 Å². The molecule has 0 aliphatic rings. The quantitative estimate of drug-likeness (QED) is 0.783. The minimum absolute atomic E-state index is 0.0282. The average molecular weight is 347 g/mol. The summed E-state index contributed by atoms with van der Waals surface area (Å²) in [5.74, 6) is 0.323. The van der Waals surface area contributed by atoms with Gasteiger partial charge in [0.2, 0.25) is 11.8 Å². The van der Waals surface area contributed by atoms with Crippen molar-refractivity contribution < 1.29 is 17.2 Å². The first kappa shape index (κ1) is 16.1. The van der Waals surface area contributed by atoms with Gasteiger partial charge in [0, 0.05) is 18.2 Å². The van der Waals surface area contributed by atoms with E-state index in [1.807, 2.05) is 0 Å². The molecule has 24 heavy (non-hydrogen) atoms. The summed E-state index contributed by atoms with van der Waals surface area (Å²) in [6.45, 7) is 3.22. The van der Waals surface area contributed by atoms with Crippen LogP contribution in [0.15, 0.2) is 51.8 Å². The largest absolute Gasteiger partial charge is 0.421 e. The number of halogens is 1. The molecule has 3 aromatic rings. The Labute approximate surface area is 138 Å². The molecule has 6 nitrogen and oxygen atoms in total. The normalized spacial score (nSPS) is 11.5. The van der Waals surface area contributed by atoms with Crippen molar-refractivity contribution in [3.8, 4) is 11.5 Å². The van der Waals surface area contributed by atoms with E-state index in [1.54, 1.807) is 38.1 Å². The van der Waals surface area contributed by atoms with E-state index in [0.717, 1.165) is 6.07 Å². The van der Waals surface area contributed by atoms with Gasteiger partial charge in [0.05, 0.1) is 4.90 Å². The second-order valence-corrected chi connectivity index (χ2v) is 6.87. The number of anilines is 1. The Morgan fingerprint density at radius 3 is 2.33 bits per heavy atom. The zero-order valence-electron chi connectivity index (χ0n) is 12.9. The molecule has 0 aliphatic heterocycles. The zero-order valence-corrected chi connectivity index (χ0v) is 13.8. The molecule has 3 rings (SSSR count). The summed E-state index contributed by atoms with van der Waals surface area (Å²) >= 11 is 0. The van der Waals surface area contributed by atoms with Crippen molar-refractivity contribution in [1.29, 1.82) is 0 Å². The van der Waals surface area contributed by atoms with E-state index in [9.17, 15) is 12.8 Å². The molecule has 0 radical (unpaired) electrons. The Kier molecular flexibility index (Phi) is 4.06. The summed E-state index contributed by atoms with van der Waals surface area (Å²) in [5, 5.41) is 7.64. The van der Waals surface area contributed by atoms with Gasteiger partial charge < -0.3 is 4.42 Å². The average Bonchev–Trinajstić information content (AvgIpc) is 2.93. The third kappa shape index (κ3) is 3.28. The molecular weight excluding hydrogens is 333 g/mol. The van der Waals surface area contributed by atoms with Crippen LogP contribution in [0.1, 0.15) is 11.5 Å². The smallest absolute Gasteiger partial charge is 0.262 e. The molecule has 0 saturated carbocycles. The van der Waals surface area contributed by atoms with Gasteiger partial charge in [-0.1, -0.05) is 0 Å². The Hall–Kier alpha value is -2.74. The third-order valence-corrected chi connectivity index (χ3v) is 4.88. The highest BCUT2D eigenvalue weighted by Crippen LogP contribution is 2.23. The first-order chi connectivity index (χ1) is 11.3.